The topological polar surface area (TPSA) is 123 Å². The van der Waals surface area contributed by atoms with Gasteiger partial charge in [0.25, 0.3) is 0 Å². The molecule has 0 bridgehead atoms. The van der Waals surface area contributed by atoms with Gasteiger partial charge in [-0.15, -0.1) is 0 Å². The molecule has 4 N–H and O–H groups in total. The Morgan fingerprint density at radius 1 is 1.33 bits per heavy atom. The SMILES string of the molecule is NC(=O)Cn1cc2c(n1)CN([C@H]1CO[C@H](c3cc(F)ccc3F)[C@@H](NC(=O)O)C1)C2. The first kappa shape index (κ1) is 20.2. The largest absolute Gasteiger partial charge is 0.465 e. The van der Waals surface area contributed by atoms with Crippen LogP contribution in [0.25, 0.3) is 0 Å². The number of fused-ring (bicyclic) bond motifs is 1. The zero-order chi connectivity index (χ0) is 21.4. The third-order valence-corrected chi connectivity index (χ3v) is 5.42. The Kier molecular flexibility index (Phi) is 5.39. The van der Waals surface area contributed by atoms with Crippen molar-refractivity contribution in [2.45, 2.75) is 44.2 Å². The van der Waals surface area contributed by atoms with Crippen LogP contribution in [0.3, 0.4) is 0 Å². The zero-order valence-electron chi connectivity index (χ0n) is 15.9. The van der Waals surface area contributed by atoms with Crippen molar-refractivity contribution < 1.29 is 28.2 Å². The summed E-state index contributed by atoms with van der Waals surface area (Å²) in [5.41, 5.74) is 6.95. The number of halogens is 2. The van der Waals surface area contributed by atoms with Gasteiger partial charge in [-0.25, -0.2) is 13.6 Å². The third kappa shape index (κ3) is 4.12. The lowest BCUT2D eigenvalue weighted by molar-refractivity contribution is -0.118. The highest BCUT2D eigenvalue weighted by Crippen LogP contribution is 2.35. The number of carbonyl (C=O) groups excluding carboxylic acids is 1. The van der Waals surface area contributed by atoms with Crippen LogP contribution < -0.4 is 11.1 Å². The first-order valence-corrected chi connectivity index (χ1v) is 9.43. The first-order chi connectivity index (χ1) is 14.3. The lowest BCUT2D eigenvalue weighted by Crippen LogP contribution is -2.51. The number of hydrogen-bond acceptors (Lipinski definition) is 5. The molecule has 1 aromatic carbocycles. The fraction of sp³-hybridized carbons (Fsp3) is 0.421. The maximum Gasteiger partial charge on any atom is 0.404 e. The summed E-state index contributed by atoms with van der Waals surface area (Å²) >= 11 is 0. The number of primary amides is 1. The van der Waals surface area contributed by atoms with E-state index in [1.165, 1.54) is 4.68 Å². The summed E-state index contributed by atoms with van der Waals surface area (Å²) in [6.45, 7) is 1.30. The Morgan fingerprint density at radius 3 is 2.83 bits per heavy atom. The van der Waals surface area contributed by atoms with Crippen LogP contribution in [0, 0.1) is 11.6 Å². The summed E-state index contributed by atoms with van der Waals surface area (Å²) in [5.74, 6) is -1.75. The fourth-order valence-electron chi connectivity index (χ4n) is 4.14. The van der Waals surface area contributed by atoms with Crippen molar-refractivity contribution in [3.05, 3.63) is 52.9 Å². The molecule has 2 aromatic rings. The molecule has 1 aromatic heterocycles. The van der Waals surface area contributed by atoms with Crippen molar-refractivity contribution in [3.63, 3.8) is 0 Å². The van der Waals surface area contributed by atoms with Crippen LogP contribution in [0.2, 0.25) is 0 Å². The maximum atomic E-state index is 14.3. The molecule has 2 amide bonds. The van der Waals surface area contributed by atoms with Crippen LogP contribution in [0.15, 0.2) is 24.4 Å². The molecule has 3 heterocycles. The summed E-state index contributed by atoms with van der Waals surface area (Å²) in [7, 11) is 0. The molecule has 11 heteroatoms. The molecule has 0 unspecified atom stereocenters. The quantitative estimate of drug-likeness (QED) is 0.665. The number of nitrogens with zero attached hydrogens (tertiary/aromatic N) is 3. The molecule has 30 heavy (non-hydrogen) atoms. The fourth-order valence-corrected chi connectivity index (χ4v) is 4.14. The highest BCUT2D eigenvalue weighted by molar-refractivity contribution is 5.73. The average molecular weight is 421 g/mol. The minimum atomic E-state index is -1.27. The number of ether oxygens (including phenoxy) is 1. The van der Waals surface area contributed by atoms with Gasteiger partial charge in [-0.1, -0.05) is 0 Å². The van der Waals surface area contributed by atoms with Gasteiger partial charge >= 0.3 is 6.09 Å². The summed E-state index contributed by atoms with van der Waals surface area (Å²) in [5, 5.41) is 16.0. The van der Waals surface area contributed by atoms with Gasteiger partial charge in [0.2, 0.25) is 5.91 Å². The van der Waals surface area contributed by atoms with Gasteiger partial charge in [0.15, 0.2) is 0 Å². The third-order valence-electron chi connectivity index (χ3n) is 5.42. The number of carbonyl (C=O) groups is 2. The number of rotatable bonds is 5. The van der Waals surface area contributed by atoms with E-state index < -0.39 is 35.8 Å². The highest BCUT2D eigenvalue weighted by Gasteiger charge is 2.39. The van der Waals surface area contributed by atoms with Gasteiger partial charge in [-0.2, -0.15) is 5.10 Å². The molecule has 9 nitrogen and oxygen atoms in total. The number of nitrogens with two attached hydrogens (primary N) is 1. The van der Waals surface area contributed by atoms with E-state index >= 15 is 0 Å². The molecule has 0 spiro atoms. The van der Waals surface area contributed by atoms with Crippen molar-refractivity contribution in [2.24, 2.45) is 5.73 Å². The lowest BCUT2D eigenvalue weighted by atomic mass is 9.92. The molecule has 2 aliphatic rings. The Hall–Kier alpha value is -3.05. The molecule has 0 aliphatic carbocycles. The maximum absolute atomic E-state index is 14.3. The van der Waals surface area contributed by atoms with Crippen LogP contribution in [-0.2, 0) is 29.2 Å². The van der Waals surface area contributed by atoms with Gasteiger partial charge in [0, 0.05) is 36.5 Å². The van der Waals surface area contributed by atoms with Gasteiger partial charge in [0.1, 0.15) is 24.3 Å². The second-order valence-electron chi connectivity index (χ2n) is 7.54. The summed E-state index contributed by atoms with van der Waals surface area (Å²) in [6, 6.07) is 2.14. The molecule has 0 saturated carbocycles. The molecular weight excluding hydrogens is 400 g/mol. The van der Waals surface area contributed by atoms with Gasteiger partial charge in [-0.05, 0) is 24.6 Å². The number of benzene rings is 1. The minimum Gasteiger partial charge on any atom is -0.465 e. The second-order valence-corrected chi connectivity index (χ2v) is 7.54. The first-order valence-electron chi connectivity index (χ1n) is 9.43. The minimum absolute atomic E-state index is 0.00498. The van der Waals surface area contributed by atoms with Crippen LogP contribution in [0.4, 0.5) is 13.6 Å². The normalized spacial score (nSPS) is 23.9. The van der Waals surface area contributed by atoms with Crippen molar-refractivity contribution in [1.82, 2.24) is 20.0 Å². The van der Waals surface area contributed by atoms with E-state index in [2.05, 4.69) is 15.3 Å². The number of amides is 2. The lowest BCUT2D eigenvalue weighted by Gasteiger charge is -2.40. The van der Waals surface area contributed by atoms with Crippen molar-refractivity contribution >= 4 is 12.0 Å². The Balaban J connectivity index is 1.48. The summed E-state index contributed by atoms with van der Waals surface area (Å²) in [6.07, 6.45) is -0.0727. The predicted molar refractivity (Wildman–Crippen MR) is 99.1 cm³/mol. The molecule has 3 atom stereocenters. The standard InChI is InChI=1S/C19H21F2N5O4/c20-11-1-2-14(21)13(3-11)18-15(23-19(28)29)4-12(9-30-18)25-5-10-6-26(8-17(22)27)24-16(10)7-25/h1-3,6,12,15,18,23H,4-5,7-9H2,(H2,22,27)(H,28,29)/t12-,15+,18-/m1/s1. The molecule has 1 fully saturated rings. The summed E-state index contributed by atoms with van der Waals surface area (Å²) < 4.78 is 35.2. The van der Waals surface area contributed by atoms with Gasteiger partial charge in [0.05, 0.1) is 18.3 Å². The second kappa shape index (κ2) is 8.00. The molecule has 4 rings (SSSR count). The Bertz CT molecular complexity index is 958. The van der Waals surface area contributed by atoms with Crippen LogP contribution >= 0.6 is 0 Å². The number of carboxylic acid groups (broad SMARTS) is 1. The van der Waals surface area contributed by atoms with Crippen molar-refractivity contribution in [1.29, 1.82) is 0 Å². The molecular formula is C19H21F2N5O4. The van der Waals surface area contributed by atoms with Gasteiger partial charge < -0.3 is 20.9 Å². The monoisotopic (exact) mass is 421 g/mol. The van der Waals surface area contributed by atoms with E-state index in [4.69, 9.17) is 10.5 Å². The zero-order valence-corrected chi connectivity index (χ0v) is 15.9. The van der Waals surface area contributed by atoms with Crippen molar-refractivity contribution in [3.8, 4) is 0 Å². The number of nitrogens with one attached hydrogen (secondary N) is 1. The highest BCUT2D eigenvalue weighted by atomic mass is 19.1. The van der Waals surface area contributed by atoms with Gasteiger partial charge in [-0.3, -0.25) is 14.4 Å². The van der Waals surface area contributed by atoms with E-state index in [0.717, 1.165) is 29.5 Å². The van der Waals surface area contributed by atoms with Crippen LogP contribution in [0.1, 0.15) is 29.3 Å². The van der Waals surface area contributed by atoms with E-state index in [-0.39, 0.29) is 24.8 Å². The Labute approximate surface area is 170 Å². The smallest absolute Gasteiger partial charge is 0.404 e. The average Bonchev–Trinajstić information content (AvgIpc) is 3.21. The van der Waals surface area contributed by atoms with E-state index in [9.17, 15) is 23.5 Å². The molecule has 160 valence electrons. The summed E-state index contributed by atoms with van der Waals surface area (Å²) in [4.78, 5) is 24.4. The molecule has 1 saturated heterocycles. The Morgan fingerprint density at radius 2 is 2.13 bits per heavy atom. The van der Waals surface area contributed by atoms with E-state index in [1.807, 2.05) is 0 Å². The van der Waals surface area contributed by atoms with Crippen LogP contribution in [0.5, 0.6) is 0 Å². The number of hydrogen-bond donors (Lipinski definition) is 3. The van der Waals surface area contributed by atoms with Crippen LogP contribution in [-0.4, -0.2) is 50.5 Å². The molecule has 0 radical (unpaired) electrons. The van der Waals surface area contributed by atoms with Crippen molar-refractivity contribution in [2.75, 3.05) is 6.61 Å². The van der Waals surface area contributed by atoms with E-state index in [1.54, 1.807) is 6.20 Å². The predicted octanol–water partition coefficient (Wildman–Crippen LogP) is 1.13. The molecule has 2 aliphatic heterocycles. The number of aromatic nitrogens is 2. The van der Waals surface area contributed by atoms with E-state index in [0.29, 0.717) is 19.5 Å².